The highest BCUT2D eigenvalue weighted by Gasteiger charge is 2.24. The molecule has 1 fully saturated rings. The topological polar surface area (TPSA) is 65.7 Å². The maximum Gasteiger partial charge on any atom is 0.243 e. The van der Waals surface area contributed by atoms with E-state index in [1.807, 2.05) is 6.92 Å². The Hall–Kier alpha value is -1.47. The molecule has 1 saturated heterocycles. The van der Waals surface area contributed by atoms with Crippen LogP contribution in [0.5, 0.6) is 0 Å². The van der Waals surface area contributed by atoms with E-state index in [-0.39, 0.29) is 11.9 Å². The molecule has 1 aromatic heterocycles. The van der Waals surface area contributed by atoms with Gasteiger partial charge in [0.25, 0.3) is 0 Å². The second-order valence-corrected chi connectivity index (χ2v) is 5.81. The summed E-state index contributed by atoms with van der Waals surface area (Å²) in [5.41, 5.74) is 0. The third kappa shape index (κ3) is 4.25. The third-order valence-electron chi connectivity index (χ3n) is 3.93. The number of amides is 1. The Labute approximate surface area is 125 Å². The highest BCUT2D eigenvalue weighted by Crippen LogP contribution is 2.20. The van der Waals surface area contributed by atoms with Gasteiger partial charge >= 0.3 is 0 Å². The Morgan fingerprint density at radius 2 is 2.10 bits per heavy atom. The second-order valence-electron chi connectivity index (χ2n) is 5.81. The summed E-state index contributed by atoms with van der Waals surface area (Å²) in [5.74, 6) is 1.50. The Morgan fingerprint density at radius 1 is 1.33 bits per heavy atom. The van der Waals surface area contributed by atoms with Crippen LogP contribution < -0.4 is 0 Å². The van der Waals surface area contributed by atoms with Crippen LogP contribution in [0.2, 0.25) is 0 Å². The summed E-state index contributed by atoms with van der Waals surface area (Å²) in [7, 11) is 3.60. The molecule has 0 aliphatic carbocycles. The van der Waals surface area contributed by atoms with E-state index in [0.29, 0.717) is 18.3 Å². The van der Waals surface area contributed by atoms with Crippen LogP contribution in [-0.2, 0) is 4.79 Å². The number of hydrogen-bond donors (Lipinski definition) is 0. The van der Waals surface area contributed by atoms with Crippen molar-refractivity contribution in [2.24, 2.45) is 0 Å². The number of hydrogen-bond acceptors (Lipinski definition) is 6. The Bertz CT molecular complexity index is 474. The van der Waals surface area contributed by atoms with Crippen LogP contribution in [0.1, 0.15) is 31.1 Å². The van der Waals surface area contributed by atoms with Gasteiger partial charge in [-0.2, -0.15) is 4.98 Å². The van der Waals surface area contributed by atoms with Gasteiger partial charge in [-0.25, -0.2) is 0 Å². The molecule has 0 radical (unpaired) electrons. The van der Waals surface area contributed by atoms with E-state index in [2.05, 4.69) is 26.9 Å². The van der Waals surface area contributed by atoms with Crippen molar-refractivity contribution in [2.75, 3.05) is 46.8 Å². The van der Waals surface area contributed by atoms with Gasteiger partial charge in [-0.1, -0.05) is 5.16 Å². The standard InChI is InChI=1S/C14H25N5O2/c1-11(14-15-12(2)16-21-14)19-7-5-6-18(8-9-19)10-13(20)17(3)4/h11H,5-10H2,1-4H3. The zero-order valence-electron chi connectivity index (χ0n) is 13.4. The molecule has 118 valence electrons. The van der Waals surface area contributed by atoms with Crippen molar-refractivity contribution >= 4 is 5.91 Å². The molecule has 0 spiro atoms. The number of aryl methyl sites for hydroxylation is 1. The summed E-state index contributed by atoms with van der Waals surface area (Å²) in [4.78, 5) is 22.3. The Morgan fingerprint density at radius 3 is 2.71 bits per heavy atom. The molecule has 1 amide bonds. The van der Waals surface area contributed by atoms with Gasteiger partial charge in [0.15, 0.2) is 5.82 Å². The maximum atomic E-state index is 11.8. The molecular weight excluding hydrogens is 270 g/mol. The zero-order chi connectivity index (χ0) is 15.4. The van der Waals surface area contributed by atoms with Crippen molar-refractivity contribution in [2.45, 2.75) is 26.3 Å². The molecule has 1 atom stereocenters. The number of rotatable bonds is 4. The lowest BCUT2D eigenvalue weighted by Gasteiger charge is -2.25. The molecule has 2 rings (SSSR count). The van der Waals surface area contributed by atoms with Crippen molar-refractivity contribution in [1.82, 2.24) is 24.8 Å². The van der Waals surface area contributed by atoms with Crippen molar-refractivity contribution in [3.05, 3.63) is 11.7 Å². The number of nitrogens with zero attached hydrogens (tertiary/aromatic N) is 5. The summed E-state index contributed by atoms with van der Waals surface area (Å²) in [6.07, 6.45) is 1.04. The molecule has 1 aromatic rings. The summed E-state index contributed by atoms with van der Waals surface area (Å²) >= 11 is 0. The predicted molar refractivity (Wildman–Crippen MR) is 78.8 cm³/mol. The van der Waals surface area contributed by atoms with E-state index >= 15 is 0 Å². The van der Waals surface area contributed by atoms with Crippen LogP contribution >= 0.6 is 0 Å². The molecule has 0 aromatic carbocycles. The van der Waals surface area contributed by atoms with Crippen molar-refractivity contribution in [3.63, 3.8) is 0 Å². The smallest absolute Gasteiger partial charge is 0.243 e. The van der Waals surface area contributed by atoms with Crippen LogP contribution in [0.25, 0.3) is 0 Å². The van der Waals surface area contributed by atoms with Gasteiger partial charge in [0.2, 0.25) is 11.8 Å². The SMILES string of the molecule is Cc1noc(C(C)N2CCCN(CC(=O)N(C)C)CC2)n1. The third-order valence-corrected chi connectivity index (χ3v) is 3.93. The molecule has 7 heteroatoms. The quantitative estimate of drug-likeness (QED) is 0.807. The van der Waals surface area contributed by atoms with E-state index in [0.717, 1.165) is 32.6 Å². The van der Waals surface area contributed by atoms with E-state index in [4.69, 9.17) is 4.52 Å². The summed E-state index contributed by atoms with van der Waals surface area (Å²) in [6.45, 7) is 8.14. The van der Waals surface area contributed by atoms with Crippen molar-refractivity contribution in [3.8, 4) is 0 Å². The first-order valence-corrected chi connectivity index (χ1v) is 7.44. The van der Waals surface area contributed by atoms with Crippen LogP contribution in [0.3, 0.4) is 0 Å². The fourth-order valence-electron chi connectivity index (χ4n) is 2.51. The monoisotopic (exact) mass is 295 g/mol. The lowest BCUT2D eigenvalue weighted by molar-refractivity contribution is -0.129. The van der Waals surface area contributed by atoms with Crippen LogP contribution in [-0.4, -0.2) is 77.6 Å². The van der Waals surface area contributed by atoms with E-state index in [1.54, 1.807) is 19.0 Å². The summed E-state index contributed by atoms with van der Waals surface area (Å²) < 4.78 is 5.27. The molecule has 1 aliphatic rings. The zero-order valence-corrected chi connectivity index (χ0v) is 13.4. The molecule has 2 heterocycles. The van der Waals surface area contributed by atoms with Crippen molar-refractivity contribution in [1.29, 1.82) is 0 Å². The van der Waals surface area contributed by atoms with Gasteiger partial charge in [-0.05, 0) is 26.8 Å². The molecule has 0 bridgehead atoms. The Balaban J connectivity index is 1.90. The first kappa shape index (κ1) is 15.9. The van der Waals surface area contributed by atoms with Gasteiger partial charge in [-0.15, -0.1) is 0 Å². The number of aromatic nitrogens is 2. The fourth-order valence-corrected chi connectivity index (χ4v) is 2.51. The van der Waals surface area contributed by atoms with Crippen LogP contribution in [0, 0.1) is 6.92 Å². The maximum absolute atomic E-state index is 11.8. The summed E-state index contributed by atoms with van der Waals surface area (Å²) in [6, 6.07) is 0.121. The predicted octanol–water partition coefficient (Wildman–Crippen LogP) is 0.535. The second kappa shape index (κ2) is 7.00. The number of likely N-dealkylation sites (N-methyl/N-ethyl adjacent to an activating group) is 1. The van der Waals surface area contributed by atoms with E-state index < -0.39 is 0 Å². The fraction of sp³-hybridized carbons (Fsp3) is 0.786. The molecule has 0 saturated carbocycles. The average molecular weight is 295 g/mol. The normalized spacial score (nSPS) is 19.2. The van der Waals surface area contributed by atoms with E-state index in [9.17, 15) is 4.79 Å². The minimum absolute atomic E-state index is 0.121. The minimum Gasteiger partial charge on any atom is -0.348 e. The van der Waals surface area contributed by atoms with Crippen LogP contribution in [0.4, 0.5) is 0 Å². The summed E-state index contributed by atoms with van der Waals surface area (Å²) in [5, 5.41) is 3.86. The molecule has 0 N–H and O–H groups in total. The molecule has 7 nitrogen and oxygen atoms in total. The lowest BCUT2D eigenvalue weighted by Crippen LogP contribution is -2.39. The average Bonchev–Trinajstić information content (AvgIpc) is 2.74. The van der Waals surface area contributed by atoms with E-state index in [1.165, 1.54) is 0 Å². The Kier molecular flexibility index (Phi) is 5.30. The minimum atomic E-state index is 0.121. The van der Waals surface area contributed by atoms with Crippen molar-refractivity contribution < 1.29 is 9.32 Å². The highest BCUT2D eigenvalue weighted by atomic mass is 16.5. The van der Waals surface area contributed by atoms with Gasteiger partial charge in [-0.3, -0.25) is 14.6 Å². The van der Waals surface area contributed by atoms with Gasteiger partial charge in [0.1, 0.15) is 0 Å². The van der Waals surface area contributed by atoms with Gasteiger partial charge < -0.3 is 9.42 Å². The van der Waals surface area contributed by atoms with Gasteiger partial charge in [0, 0.05) is 33.7 Å². The number of carbonyl (C=O) groups is 1. The first-order valence-electron chi connectivity index (χ1n) is 7.44. The molecular formula is C14H25N5O2. The van der Waals surface area contributed by atoms with Gasteiger partial charge in [0.05, 0.1) is 12.6 Å². The lowest BCUT2D eigenvalue weighted by atomic mass is 10.2. The first-order chi connectivity index (χ1) is 9.97. The largest absolute Gasteiger partial charge is 0.348 e. The molecule has 21 heavy (non-hydrogen) atoms. The molecule has 1 unspecified atom stereocenters. The highest BCUT2D eigenvalue weighted by molar-refractivity contribution is 5.77. The van der Waals surface area contributed by atoms with Crippen LogP contribution in [0.15, 0.2) is 4.52 Å². The molecule has 1 aliphatic heterocycles. The number of carbonyl (C=O) groups excluding carboxylic acids is 1.